The largest absolute Gasteiger partial charge is 0.396 e. The van der Waals surface area contributed by atoms with Crippen LogP contribution >= 0.6 is 0 Å². The van der Waals surface area contributed by atoms with Crippen molar-refractivity contribution in [1.82, 2.24) is 10.2 Å². The van der Waals surface area contributed by atoms with Crippen LogP contribution in [0.2, 0.25) is 0 Å². The molecule has 6 heteroatoms. The number of aliphatic hydroxyl groups is 1. The lowest BCUT2D eigenvalue weighted by Crippen LogP contribution is -2.68. The molecule has 0 radical (unpaired) electrons. The van der Waals surface area contributed by atoms with E-state index in [-0.39, 0.29) is 16.2 Å². The molecule has 0 aromatic heterocycles. The summed E-state index contributed by atoms with van der Waals surface area (Å²) in [5, 5.41) is 13.9. The summed E-state index contributed by atoms with van der Waals surface area (Å²) in [7, 11) is -2.88. The third kappa shape index (κ3) is 4.68. The number of nitrogens with zero attached hydrogens (tertiary/aromatic N) is 1. The molecule has 0 amide bonds. The molecule has 5 nitrogen and oxygen atoms in total. The van der Waals surface area contributed by atoms with Crippen molar-refractivity contribution in [3.63, 3.8) is 0 Å². The van der Waals surface area contributed by atoms with Gasteiger partial charge in [0.1, 0.15) is 0 Å². The van der Waals surface area contributed by atoms with Crippen LogP contribution in [0.1, 0.15) is 112 Å². The number of nitrogens with one attached hydrogen (secondary N) is 1. The third-order valence-corrected chi connectivity index (χ3v) is 21.2. The average Bonchev–Trinajstić information content (AvgIpc) is 3.28. The first kappa shape index (κ1) is 34.8. The van der Waals surface area contributed by atoms with E-state index in [1.165, 1.54) is 69.8 Å². The maximum Gasteiger partial charge on any atom is 0.154 e. The molecule has 2 heterocycles. The van der Waals surface area contributed by atoms with Gasteiger partial charge in [-0.15, -0.1) is 0 Å². The van der Waals surface area contributed by atoms with Crippen molar-refractivity contribution in [3.05, 3.63) is 35.5 Å². The van der Waals surface area contributed by atoms with E-state index in [2.05, 4.69) is 70.5 Å². The number of aliphatic hydroxyl groups excluding tert-OH is 1. The summed E-state index contributed by atoms with van der Waals surface area (Å²) in [6.45, 7) is 24.4. The van der Waals surface area contributed by atoms with E-state index in [1.54, 1.807) is 11.1 Å². The number of piperidine rings is 1. The Labute approximate surface area is 304 Å². The number of allylic oxidation sites excluding steroid dienone is 5. The topological polar surface area (TPSA) is 69.6 Å². The molecule has 2 aliphatic heterocycles. The van der Waals surface area contributed by atoms with Crippen molar-refractivity contribution in [3.8, 4) is 0 Å². The molecule has 5 saturated carbocycles. The van der Waals surface area contributed by atoms with Crippen LogP contribution in [-0.2, 0) is 9.84 Å². The average molecular weight is 705 g/mol. The highest BCUT2D eigenvalue weighted by atomic mass is 32.2. The quantitative estimate of drug-likeness (QED) is 0.265. The molecule has 50 heavy (non-hydrogen) atoms. The van der Waals surface area contributed by atoms with E-state index in [1.807, 2.05) is 0 Å². The molecule has 278 valence electrons. The Morgan fingerprint density at radius 2 is 1.80 bits per heavy atom. The van der Waals surface area contributed by atoms with E-state index >= 15 is 0 Å². The van der Waals surface area contributed by atoms with E-state index in [4.69, 9.17) is 0 Å². The number of fused-ring (bicyclic) bond motifs is 10. The van der Waals surface area contributed by atoms with Gasteiger partial charge in [-0.1, -0.05) is 58.9 Å². The second-order valence-corrected chi connectivity index (χ2v) is 23.4. The summed E-state index contributed by atoms with van der Waals surface area (Å²) >= 11 is 0. The maximum absolute atomic E-state index is 12.6. The summed E-state index contributed by atoms with van der Waals surface area (Å²) in [4.78, 5) is 2.47. The van der Waals surface area contributed by atoms with Gasteiger partial charge in [0.05, 0.1) is 11.0 Å². The van der Waals surface area contributed by atoms with Crippen LogP contribution in [0.3, 0.4) is 0 Å². The van der Waals surface area contributed by atoms with Crippen molar-refractivity contribution in [1.29, 1.82) is 0 Å². The minimum absolute atomic E-state index is 0.128. The highest BCUT2D eigenvalue weighted by Gasteiger charge is 2.70. The molecular formula is C44H68N2O3S. The monoisotopic (exact) mass is 704 g/mol. The van der Waals surface area contributed by atoms with Crippen molar-refractivity contribution < 1.29 is 13.5 Å². The van der Waals surface area contributed by atoms with Crippen LogP contribution < -0.4 is 5.32 Å². The minimum atomic E-state index is -2.88. The standard InChI is InChI=1S/C44H68N2O3S/c1-27(2)31-10-15-44(45-18-19-46-23-28-20-30(24-46)50(48,49)26-28)17-16-42(6)36(39(31)44)8-9-38-41(5)13-11-35(29-21-32-33(22-29)34(32)25-47)40(3,4)37(41)12-14-43(38,42)7/h11,21,28,30-34,36-39,45,47H,1,8-10,12-20,22-26H2,2-7H3. The van der Waals surface area contributed by atoms with Gasteiger partial charge in [-0.3, -0.25) is 0 Å². The molecule has 2 bridgehead atoms. The molecule has 0 aromatic rings. The van der Waals surface area contributed by atoms with Gasteiger partial charge >= 0.3 is 0 Å². The highest BCUT2D eigenvalue weighted by molar-refractivity contribution is 7.92. The Morgan fingerprint density at radius 3 is 2.50 bits per heavy atom. The molecule has 0 aromatic carbocycles. The van der Waals surface area contributed by atoms with Gasteiger partial charge in [0.2, 0.25) is 0 Å². The molecule has 7 fully saturated rings. The summed E-state index contributed by atoms with van der Waals surface area (Å²) in [6, 6.07) is 0. The lowest BCUT2D eigenvalue weighted by Gasteiger charge is -2.72. The Hall–Kier alpha value is -0.950. The normalized spacial score (nSPS) is 52.5. The van der Waals surface area contributed by atoms with Gasteiger partial charge in [-0.25, -0.2) is 8.42 Å². The lowest BCUT2D eigenvalue weighted by molar-refractivity contribution is -0.221. The third-order valence-electron chi connectivity index (χ3n) is 18.9. The van der Waals surface area contributed by atoms with Gasteiger partial charge in [0, 0.05) is 38.3 Å². The van der Waals surface area contributed by atoms with Crippen molar-refractivity contribution >= 4 is 9.84 Å². The SMILES string of the molecule is C=C(C)C1CCC2(NCCN3CC4CC(C3)S(=O)(=O)C4)CCC3(C)C(CCC4C5(C)CC=C(C6=CC7C(CO)C7C6)C(C)(C)C5CCC43C)C12. The molecule has 14 atom stereocenters. The zero-order valence-corrected chi connectivity index (χ0v) is 33.1. The minimum Gasteiger partial charge on any atom is -0.396 e. The highest BCUT2D eigenvalue weighted by Crippen LogP contribution is 2.77. The Bertz CT molecular complexity index is 1610. The summed E-state index contributed by atoms with van der Waals surface area (Å²) in [5.74, 6) is 6.08. The van der Waals surface area contributed by atoms with Crippen LogP contribution in [0.4, 0.5) is 0 Å². The molecule has 2 saturated heterocycles. The summed E-state index contributed by atoms with van der Waals surface area (Å²) < 4.78 is 25.2. The summed E-state index contributed by atoms with van der Waals surface area (Å²) in [6.07, 6.45) is 19.2. The number of hydrogen-bond acceptors (Lipinski definition) is 5. The van der Waals surface area contributed by atoms with Crippen LogP contribution in [0.15, 0.2) is 35.5 Å². The lowest BCUT2D eigenvalue weighted by atomic mass is 9.33. The first-order valence-corrected chi connectivity index (χ1v) is 22.7. The first-order valence-electron chi connectivity index (χ1n) is 20.9. The predicted molar refractivity (Wildman–Crippen MR) is 203 cm³/mol. The maximum atomic E-state index is 12.6. The fourth-order valence-corrected chi connectivity index (χ4v) is 18.5. The van der Waals surface area contributed by atoms with Gasteiger partial charge in [-0.05, 0) is 164 Å². The summed E-state index contributed by atoms with van der Waals surface area (Å²) in [5.41, 5.74) is 6.09. The second kappa shape index (κ2) is 11.3. The molecule has 0 spiro atoms. The molecular weight excluding hydrogens is 637 g/mol. The molecule has 7 aliphatic carbocycles. The fraction of sp³-hybridized carbons (Fsp3) is 0.864. The molecule has 9 aliphatic rings. The fourth-order valence-electron chi connectivity index (χ4n) is 16.4. The smallest absolute Gasteiger partial charge is 0.154 e. The van der Waals surface area contributed by atoms with E-state index < -0.39 is 9.84 Å². The van der Waals surface area contributed by atoms with Crippen molar-refractivity contribution in [2.24, 2.45) is 74.9 Å². The van der Waals surface area contributed by atoms with Crippen LogP contribution in [0.5, 0.6) is 0 Å². The number of sulfone groups is 1. The van der Waals surface area contributed by atoms with E-state index in [0.29, 0.717) is 64.1 Å². The Balaban J connectivity index is 0.959. The van der Waals surface area contributed by atoms with Gasteiger partial charge in [0.15, 0.2) is 9.84 Å². The predicted octanol–water partition coefficient (Wildman–Crippen LogP) is 7.83. The number of hydrogen-bond donors (Lipinski definition) is 2. The van der Waals surface area contributed by atoms with Crippen molar-refractivity contribution in [2.45, 2.75) is 123 Å². The van der Waals surface area contributed by atoms with E-state index in [9.17, 15) is 13.5 Å². The molecule has 2 N–H and O–H groups in total. The Kier molecular flexibility index (Phi) is 7.86. The second-order valence-electron chi connectivity index (χ2n) is 21.1. The number of likely N-dealkylation sites (tertiary alicyclic amines) is 1. The zero-order chi connectivity index (χ0) is 35.2. The molecule has 9 rings (SSSR count). The zero-order valence-electron chi connectivity index (χ0n) is 32.3. The van der Waals surface area contributed by atoms with Crippen LogP contribution in [0.25, 0.3) is 0 Å². The Morgan fingerprint density at radius 1 is 1.00 bits per heavy atom. The van der Waals surface area contributed by atoms with Crippen molar-refractivity contribution in [2.75, 3.05) is 38.5 Å². The van der Waals surface area contributed by atoms with Gasteiger partial charge in [0.25, 0.3) is 0 Å². The van der Waals surface area contributed by atoms with Crippen LogP contribution in [0, 0.1) is 74.9 Å². The first-order chi connectivity index (χ1) is 23.6. The van der Waals surface area contributed by atoms with Gasteiger partial charge in [-0.2, -0.15) is 0 Å². The van der Waals surface area contributed by atoms with Gasteiger partial charge < -0.3 is 15.3 Å². The molecule has 14 unspecified atom stereocenters. The van der Waals surface area contributed by atoms with Crippen LogP contribution in [-0.4, -0.2) is 67.8 Å². The number of rotatable bonds is 7. The van der Waals surface area contributed by atoms with E-state index in [0.717, 1.165) is 50.4 Å².